The van der Waals surface area contributed by atoms with E-state index < -0.39 is 11.7 Å². The highest BCUT2D eigenvalue weighted by molar-refractivity contribution is 6.36. The Bertz CT molecular complexity index is 461. The minimum atomic E-state index is -4.50. The van der Waals surface area contributed by atoms with Crippen molar-refractivity contribution in [2.75, 3.05) is 13.2 Å². The molecule has 0 unspecified atom stereocenters. The predicted molar refractivity (Wildman–Crippen MR) is 69.5 cm³/mol. The Labute approximate surface area is 118 Å². The fourth-order valence-electron chi connectivity index (χ4n) is 1.42. The number of hydrogen-bond acceptors (Lipinski definition) is 2. The van der Waals surface area contributed by atoms with Crippen molar-refractivity contribution in [3.8, 4) is 5.75 Å². The van der Waals surface area contributed by atoms with E-state index in [1.165, 1.54) is 12.1 Å². The van der Waals surface area contributed by atoms with Crippen molar-refractivity contribution < 1.29 is 17.9 Å². The first-order valence-electron chi connectivity index (χ1n) is 5.36. The molecular formula is C12H12Cl2F3NO. The smallest absolute Gasteiger partial charge is 0.419 e. The lowest BCUT2D eigenvalue weighted by atomic mass is 10.1. The van der Waals surface area contributed by atoms with Crippen LogP contribution in [0.3, 0.4) is 0 Å². The van der Waals surface area contributed by atoms with Crippen LogP contribution in [0.25, 0.3) is 0 Å². The number of ether oxygens (including phenoxy) is 1. The van der Waals surface area contributed by atoms with Gasteiger partial charge in [-0.15, -0.1) is 0 Å². The molecule has 0 aliphatic carbocycles. The summed E-state index contributed by atoms with van der Waals surface area (Å²) in [5.41, 5.74) is 6.01. The van der Waals surface area contributed by atoms with E-state index in [9.17, 15) is 13.2 Å². The van der Waals surface area contributed by atoms with Crippen LogP contribution >= 0.6 is 23.2 Å². The Morgan fingerprint density at radius 3 is 2.58 bits per heavy atom. The minimum Gasteiger partial charge on any atom is -0.487 e. The van der Waals surface area contributed by atoms with Gasteiger partial charge in [0, 0.05) is 5.54 Å². The summed E-state index contributed by atoms with van der Waals surface area (Å²) < 4.78 is 43.7. The lowest BCUT2D eigenvalue weighted by Gasteiger charge is -2.15. The van der Waals surface area contributed by atoms with Gasteiger partial charge in [-0.3, -0.25) is 0 Å². The van der Waals surface area contributed by atoms with Crippen molar-refractivity contribution in [2.45, 2.75) is 12.6 Å². The van der Waals surface area contributed by atoms with Crippen molar-refractivity contribution in [1.29, 1.82) is 0 Å². The fraction of sp³-hybridized carbons (Fsp3) is 0.333. The maximum Gasteiger partial charge on any atom is 0.419 e. The summed E-state index contributed by atoms with van der Waals surface area (Å²) in [4.78, 5) is 0. The van der Waals surface area contributed by atoms with E-state index in [1.54, 1.807) is 0 Å². The highest BCUT2D eigenvalue weighted by atomic mass is 35.5. The second kappa shape index (κ2) is 7.03. The Hall–Kier alpha value is -0.910. The molecule has 19 heavy (non-hydrogen) atoms. The summed E-state index contributed by atoms with van der Waals surface area (Å²) in [7, 11) is 0. The molecular weight excluding hydrogens is 302 g/mol. The average molecular weight is 314 g/mol. The molecule has 0 radical (unpaired) electrons. The first-order valence-corrected chi connectivity index (χ1v) is 6.17. The van der Waals surface area contributed by atoms with E-state index in [0.29, 0.717) is 12.0 Å². The number of halogens is 5. The fourth-order valence-corrected chi connectivity index (χ4v) is 1.54. The van der Waals surface area contributed by atoms with E-state index in [-0.39, 0.29) is 23.9 Å². The van der Waals surface area contributed by atoms with Gasteiger partial charge in [0.2, 0.25) is 0 Å². The second-order valence-corrected chi connectivity index (χ2v) is 4.42. The van der Waals surface area contributed by atoms with E-state index in [2.05, 4.69) is 0 Å². The summed E-state index contributed by atoms with van der Waals surface area (Å²) in [6, 6.07) is 3.82. The molecule has 0 fully saturated rings. The first-order chi connectivity index (χ1) is 8.88. The molecule has 0 aliphatic rings. The number of alkyl halides is 3. The van der Waals surface area contributed by atoms with E-state index in [0.717, 1.165) is 11.6 Å². The van der Waals surface area contributed by atoms with E-state index in [4.69, 9.17) is 33.7 Å². The predicted octanol–water partition coefficient (Wildman–Crippen LogP) is 3.90. The summed E-state index contributed by atoms with van der Waals surface area (Å²) in [5, 5.41) is 0.112. The Morgan fingerprint density at radius 1 is 1.37 bits per heavy atom. The molecule has 0 amide bonds. The lowest BCUT2D eigenvalue weighted by Crippen LogP contribution is -2.11. The Kier molecular flexibility index (Phi) is 5.97. The molecule has 106 valence electrons. The quantitative estimate of drug-likeness (QED) is 0.894. The maximum absolute atomic E-state index is 12.9. The van der Waals surface area contributed by atoms with Gasteiger partial charge in [0.1, 0.15) is 12.4 Å². The third kappa shape index (κ3) is 4.93. The molecule has 0 aliphatic heterocycles. The number of rotatable bonds is 5. The van der Waals surface area contributed by atoms with Gasteiger partial charge in [0.25, 0.3) is 0 Å². The molecule has 0 heterocycles. The summed E-state index contributed by atoms with van der Waals surface area (Å²) in [6.07, 6.45) is -4.14. The second-order valence-electron chi connectivity index (χ2n) is 3.71. The molecule has 0 spiro atoms. The number of benzene rings is 1. The summed E-state index contributed by atoms with van der Waals surface area (Å²) in [5.74, 6) is -0.287. The van der Waals surface area contributed by atoms with Crippen LogP contribution in [0.2, 0.25) is 0 Å². The normalized spacial score (nSPS) is 12.6. The standard InChI is InChI=1S/C12H12Cl2F3NO/c13-6-9(14)7-19-11-2-1-8(3-4-18)5-10(11)12(15,16)17/h1-2,5-6H,3-4,7,18H2. The topological polar surface area (TPSA) is 35.2 Å². The van der Waals surface area contributed by atoms with Gasteiger partial charge in [-0.05, 0) is 30.7 Å². The van der Waals surface area contributed by atoms with Crippen molar-refractivity contribution in [1.82, 2.24) is 0 Å². The van der Waals surface area contributed by atoms with Gasteiger partial charge in [-0.25, -0.2) is 0 Å². The minimum absolute atomic E-state index is 0.112. The lowest BCUT2D eigenvalue weighted by molar-refractivity contribution is -0.138. The van der Waals surface area contributed by atoms with Crippen LogP contribution in [-0.2, 0) is 12.6 Å². The summed E-state index contributed by atoms with van der Waals surface area (Å²) >= 11 is 10.9. The van der Waals surface area contributed by atoms with Gasteiger partial charge in [-0.1, -0.05) is 29.3 Å². The molecule has 7 heteroatoms. The van der Waals surface area contributed by atoms with Gasteiger partial charge < -0.3 is 10.5 Å². The molecule has 1 aromatic rings. The van der Waals surface area contributed by atoms with Crippen molar-refractivity contribution >= 4 is 23.2 Å². The van der Waals surface area contributed by atoms with Gasteiger partial charge in [-0.2, -0.15) is 13.2 Å². The van der Waals surface area contributed by atoms with Crippen molar-refractivity contribution in [2.24, 2.45) is 5.73 Å². The van der Waals surface area contributed by atoms with Crippen molar-refractivity contribution in [3.63, 3.8) is 0 Å². The largest absolute Gasteiger partial charge is 0.487 e. The van der Waals surface area contributed by atoms with Crippen LogP contribution in [0.5, 0.6) is 5.75 Å². The van der Waals surface area contributed by atoms with Gasteiger partial charge >= 0.3 is 6.18 Å². The van der Waals surface area contributed by atoms with Crippen LogP contribution in [0.4, 0.5) is 13.2 Å². The highest BCUT2D eigenvalue weighted by Crippen LogP contribution is 2.37. The maximum atomic E-state index is 12.9. The monoisotopic (exact) mass is 313 g/mol. The Balaban J connectivity index is 3.02. The zero-order valence-corrected chi connectivity index (χ0v) is 11.3. The van der Waals surface area contributed by atoms with E-state index >= 15 is 0 Å². The SMILES string of the molecule is NCCc1ccc(OCC(Cl)=CCl)c(C(F)(F)F)c1. The van der Waals surface area contributed by atoms with Gasteiger partial charge in [0.05, 0.1) is 10.6 Å². The van der Waals surface area contributed by atoms with Crippen LogP contribution in [-0.4, -0.2) is 13.2 Å². The zero-order chi connectivity index (χ0) is 14.5. The Morgan fingerprint density at radius 2 is 2.05 bits per heavy atom. The van der Waals surface area contributed by atoms with Crippen LogP contribution in [0, 0.1) is 0 Å². The molecule has 0 atom stereocenters. The molecule has 2 nitrogen and oxygen atoms in total. The third-order valence-electron chi connectivity index (χ3n) is 2.27. The molecule has 0 saturated carbocycles. The summed E-state index contributed by atoms with van der Waals surface area (Å²) in [6.45, 7) is 0.0582. The molecule has 1 aromatic carbocycles. The zero-order valence-electron chi connectivity index (χ0n) is 9.81. The third-order valence-corrected chi connectivity index (χ3v) is 2.86. The average Bonchev–Trinajstić information content (AvgIpc) is 2.36. The van der Waals surface area contributed by atoms with Crippen molar-refractivity contribution in [3.05, 3.63) is 39.9 Å². The molecule has 0 aromatic heterocycles. The highest BCUT2D eigenvalue weighted by Gasteiger charge is 2.34. The molecule has 2 N–H and O–H groups in total. The first kappa shape index (κ1) is 16.1. The van der Waals surface area contributed by atoms with Crippen LogP contribution in [0.15, 0.2) is 28.8 Å². The number of hydrogen-bond donors (Lipinski definition) is 1. The molecule has 0 saturated heterocycles. The van der Waals surface area contributed by atoms with Crippen LogP contribution < -0.4 is 10.5 Å². The van der Waals surface area contributed by atoms with Crippen LogP contribution in [0.1, 0.15) is 11.1 Å². The molecule has 1 rings (SSSR count). The van der Waals surface area contributed by atoms with Gasteiger partial charge in [0.15, 0.2) is 0 Å². The molecule has 0 bridgehead atoms. The number of nitrogens with two attached hydrogens (primary N) is 1. The van der Waals surface area contributed by atoms with E-state index in [1.807, 2.05) is 0 Å².